The first kappa shape index (κ1) is 13.6. The van der Waals surface area contributed by atoms with Crippen LogP contribution in [0, 0.1) is 0 Å². The lowest BCUT2D eigenvalue weighted by Crippen LogP contribution is -2.40. The molecule has 0 saturated carbocycles. The lowest BCUT2D eigenvalue weighted by Gasteiger charge is -2.31. The third kappa shape index (κ3) is 3.87. The Bertz CT molecular complexity index is 282. The Balaban J connectivity index is 2.64. The number of nitrogens with two attached hydrogens (primary N) is 1. The van der Waals surface area contributed by atoms with Crippen LogP contribution < -0.4 is 5.73 Å². The maximum Gasteiger partial charge on any atom is 0.0502 e. The van der Waals surface area contributed by atoms with Crippen LogP contribution in [-0.4, -0.2) is 50.1 Å². The van der Waals surface area contributed by atoms with Crippen LogP contribution in [0.15, 0.2) is 16.8 Å². The number of rotatable bonds is 6. The van der Waals surface area contributed by atoms with Crippen molar-refractivity contribution in [1.29, 1.82) is 0 Å². The van der Waals surface area contributed by atoms with Crippen molar-refractivity contribution in [2.75, 3.05) is 34.2 Å². The molecular weight excluding hydrogens is 218 g/mol. The molecule has 2 N–H and O–H groups in total. The molecule has 0 aliphatic carbocycles. The van der Waals surface area contributed by atoms with Gasteiger partial charge in [-0.3, -0.25) is 4.90 Å². The standard InChI is InChI=1S/C12H23N3S/c1-10(13)12(11-5-8-16-9-11)15(4)7-6-14(2)3/h5,8-10,12H,6-7,13H2,1-4H3. The summed E-state index contributed by atoms with van der Waals surface area (Å²) in [4.78, 5) is 4.54. The van der Waals surface area contributed by atoms with Crippen molar-refractivity contribution in [3.05, 3.63) is 22.4 Å². The molecular formula is C12H23N3S. The van der Waals surface area contributed by atoms with E-state index >= 15 is 0 Å². The molecule has 0 fully saturated rings. The third-order valence-electron chi connectivity index (χ3n) is 2.76. The Morgan fingerprint density at radius 3 is 2.44 bits per heavy atom. The van der Waals surface area contributed by atoms with Crippen molar-refractivity contribution < 1.29 is 0 Å². The normalized spacial score (nSPS) is 15.7. The number of nitrogens with zero attached hydrogens (tertiary/aromatic N) is 2. The molecule has 2 atom stereocenters. The highest BCUT2D eigenvalue weighted by atomic mass is 32.1. The largest absolute Gasteiger partial charge is 0.326 e. The van der Waals surface area contributed by atoms with E-state index < -0.39 is 0 Å². The van der Waals surface area contributed by atoms with Gasteiger partial charge in [-0.15, -0.1) is 0 Å². The van der Waals surface area contributed by atoms with Crippen molar-refractivity contribution in [2.24, 2.45) is 5.73 Å². The molecule has 0 aliphatic heterocycles. The fourth-order valence-corrected chi connectivity index (χ4v) is 2.59. The topological polar surface area (TPSA) is 32.5 Å². The molecule has 0 saturated heterocycles. The maximum absolute atomic E-state index is 6.08. The minimum absolute atomic E-state index is 0.154. The average Bonchev–Trinajstić information content (AvgIpc) is 2.67. The summed E-state index contributed by atoms with van der Waals surface area (Å²) in [6, 6.07) is 2.65. The molecule has 0 amide bonds. The Labute approximate surface area is 103 Å². The molecule has 0 spiro atoms. The zero-order valence-electron chi connectivity index (χ0n) is 10.7. The highest BCUT2D eigenvalue weighted by Crippen LogP contribution is 2.24. The van der Waals surface area contributed by atoms with E-state index in [0.29, 0.717) is 6.04 Å². The van der Waals surface area contributed by atoms with E-state index in [0.717, 1.165) is 13.1 Å². The van der Waals surface area contributed by atoms with Crippen molar-refractivity contribution in [1.82, 2.24) is 9.80 Å². The summed E-state index contributed by atoms with van der Waals surface area (Å²) in [5.41, 5.74) is 7.42. The summed E-state index contributed by atoms with van der Waals surface area (Å²) in [7, 11) is 6.34. The molecule has 0 aliphatic rings. The number of hydrogen-bond donors (Lipinski definition) is 1. The second kappa shape index (κ2) is 6.35. The van der Waals surface area contributed by atoms with Gasteiger partial charge >= 0.3 is 0 Å². The van der Waals surface area contributed by atoms with Crippen LogP contribution >= 0.6 is 11.3 Å². The van der Waals surface area contributed by atoms with Gasteiger partial charge in [-0.2, -0.15) is 11.3 Å². The Morgan fingerprint density at radius 1 is 1.31 bits per heavy atom. The second-order valence-electron chi connectivity index (χ2n) is 4.64. The lowest BCUT2D eigenvalue weighted by molar-refractivity contribution is 0.199. The van der Waals surface area contributed by atoms with Crippen LogP contribution in [0.4, 0.5) is 0 Å². The molecule has 4 heteroatoms. The van der Waals surface area contributed by atoms with E-state index in [1.54, 1.807) is 11.3 Å². The zero-order valence-corrected chi connectivity index (χ0v) is 11.5. The number of thiophene rings is 1. The van der Waals surface area contributed by atoms with Crippen LogP contribution in [0.3, 0.4) is 0 Å². The summed E-state index contributed by atoms with van der Waals surface area (Å²) in [5.74, 6) is 0. The summed E-state index contributed by atoms with van der Waals surface area (Å²) in [5, 5.41) is 4.31. The van der Waals surface area contributed by atoms with Gasteiger partial charge in [0, 0.05) is 19.1 Å². The van der Waals surface area contributed by atoms with Crippen molar-refractivity contribution >= 4 is 11.3 Å². The molecule has 1 aromatic rings. The van der Waals surface area contributed by atoms with Crippen LogP contribution in [0.5, 0.6) is 0 Å². The van der Waals surface area contributed by atoms with Gasteiger partial charge in [0.05, 0.1) is 6.04 Å². The quantitative estimate of drug-likeness (QED) is 0.821. The molecule has 2 unspecified atom stereocenters. The van der Waals surface area contributed by atoms with Gasteiger partial charge < -0.3 is 10.6 Å². The summed E-state index contributed by atoms with van der Waals surface area (Å²) >= 11 is 1.73. The van der Waals surface area contributed by atoms with E-state index in [-0.39, 0.29) is 6.04 Å². The van der Waals surface area contributed by atoms with E-state index in [2.05, 4.69) is 54.7 Å². The average molecular weight is 241 g/mol. The van der Waals surface area contributed by atoms with E-state index in [9.17, 15) is 0 Å². The summed E-state index contributed by atoms with van der Waals surface area (Å²) in [6.45, 7) is 4.17. The highest BCUT2D eigenvalue weighted by molar-refractivity contribution is 7.07. The summed E-state index contributed by atoms with van der Waals surface area (Å²) in [6.07, 6.45) is 0. The summed E-state index contributed by atoms with van der Waals surface area (Å²) < 4.78 is 0. The monoisotopic (exact) mass is 241 g/mol. The van der Waals surface area contributed by atoms with Crippen molar-refractivity contribution in [3.63, 3.8) is 0 Å². The molecule has 3 nitrogen and oxygen atoms in total. The molecule has 1 rings (SSSR count). The van der Waals surface area contributed by atoms with Gasteiger partial charge in [0.1, 0.15) is 0 Å². The molecule has 0 aromatic carbocycles. The second-order valence-corrected chi connectivity index (χ2v) is 5.42. The van der Waals surface area contributed by atoms with Crippen LogP contribution in [0.1, 0.15) is 18.5 Å². The first-order chi connectivity index (χ1) is 7.52. The zero-order chi connectivity index (χ0) is 12.1. The molecule has 0 radical (unpaired) electrons. The van der Waals surface area contributed by atoms with E-state index in [4.69, 9.17) is 5.73 Å². The Kier molecular flexibility index (Phi) is 5.41. The van der Waals surface area contributed by atoms with E-state index in [1.165, 1.54) is 5.56 Å². The molecule has 1 heterocycles. The van der Waals surface area contributed by atoms with Gasteiger partial charge in [-0.05, 0) is 50.5 Å². The maximum atomic E-state index is 6.08. The molecule has 92 valence electrons. The minimum Gasteiger partial charge on any atom is -0.326 e. The first-order valence-electron chi connectivity index (χ1n) is 5.65. The van der Waals surface area contributed by atoms with Crippen molar-refractivity contribution in [2.45, 2.75) is 19.0 Å². The van der Waals surface area contributed by atoms with E-state index in [1.807, 2.05) is 0 Å². The van der Waals surface area contributed by atoms with Gasteiger partial charge in [-0.1, -0.05) is 0 Å². The predicted molar refractivity (Wildman–Crippen MR) is 71.9 cm³/mol. The highest BCUT2D eigenvalue weighted by Gasteiger charge is 2.21. The first-order valence-corrected chi connectivity index (χ1v) is 6.59. The minimum atomic E-state index is 0.154. The SMILES string of the molecule is CC(N)C(c1ccsc1)N(C)CCN(C)C. The number of hydrogen-bond acceptors (Lipinski definition) is 4. The van der Waals surface area contributed by atoms with Gasteiger partial charge in [-0.25, -0.2) is 0 Å². The predicted octanol–water partition coefficient (Wildman–Crippen LogP) is 1.63. The molecule has 16 heavy (non-hydrogen) atoms. The van der Waals surface area contributed by atoms with Gasteiger partial charge in [0.2, 0.25) is 0 Å². The van der Waals surface area contributed by atoms with Gasteiger partial charge in [0.15, 0.2) is 0 Å². The molecule has 1 aromatic heterocycles. The van der Waals surface area contributed by atoms with Crippen molar-refractivity contribution in [3.8, 4) is 0 Å². The van der Waals surface area contributed by atoms with Crippen LogP contribution in [0.25, 0.3) is 0 Å². The number of likely N-dealkylation sites (N-methyl/N-ethyl adjacent to an activating group) is 2. The Morgan fingerprint density at radius 2 is 2.00 bits per heavy atom. The van der Waals surface area contributed by atoms with Crippen LogP contribution in [-0.2, 0) is 0 Å². The lowest BCUT2D eigenvalue weighted by atomic mass is 10.0. The fourth-order valence-electron chi connectivity index (χ4n) is 1.90. The smallest absolute Gasteiger partial charge is 0.0502 e. The Hall–Kier alpha value is -0.420. The fraction of sp³-hybridized carbons (Fsp3) is 0.667. The third-order valence-corrected chi connectivity index (χ3v) is 3.46. The molecule has 0 bridgehead atoms. The van der Waals surface area contributed by atoms with Gasteiger partial charge in [0.25, 0.3) is 0 Å². The van der Waals surface area contributed by atoms with Crippen LogP contribution in [0.2, 0.25) is 0 Å².